The molecular formula is C25H24FNO3. The van der Waals surface area contributed by atoms with E-state index in [-0.39, 0.29) is 11.9 Å². The van der Waals surface area contributed by atoms with E-state index in [4.69, 9.17) is 9.47 Å². The molecule has 1 aliphatic rings. The van der Waals surface area contributed by atoms with Crippen molar-refractivity contribution < 1.29 is 18.7 Å². The number of ether oxygens (including phenoxy) is 2. The Morgan fingerprint density at radius 3 is 2.53 bits per heavy atom. The summed E-state index contributed by atoms with van der Waals surface area (Å²) in [6, 6.07) is 21.4. The Kier molecular flexibility index (Phi) is 6.28. The molecule has 4 rings (SSSR count). The molecule has 1 aliphatic heterocycles. The molecule has 4 nitrogen and oxygen atoms in total. The summed E-state index contributed by atoms with van der Waals surface area (Å²) in [5.74, 6) is 0.669. The molecule has 30 heavy (non-hydrogen) atoms. The fourth-order valence-corrected chi connectivity index (χ4v) is 3.55. The van der Waals surface area contributed by atoms with E-state index in [1.165, 1.54) is 23.8 Å². The lowest BCUT2D eigenvalue weighted by Crippen LogP contribution is -2.29. The van der Waals surface area contributed by atoms with Crippen LogP contribution in [-0.2, 0) is 6.42 Å². The molecule has 1 unspecified atom stereocenters. The molecule has 0 bridgehead atoms. The van der Waals surface area contributed by atoms with Gasteiger partial charge in [-0.25, -0.2) is 4.39 Å². The second kappa shape index (κ2) is 9.44. The summed E-state index contributed by atoms with van der Waals surface area (Å²) in [6.07, 6.45) is 2.33. The zero-order valence-electron chi connectivity index (χ0n) is 16.6. The lowest BCUT2D eigenvalue weighted by atomic mass is 9.98. The summed E-state index contributed by atoms with van der Waals surface area (Å²) < 4.78 is 25.1. The van der Waals surface area contributed by atoms with Crippen molar-refractivity contribution in [3.05, 3.63) is 95.3 Å². The van der Waals surface area contributed by atoms with Crippen LogP contribution in [0.25, 0.3) is 0 Å². The van der Waals surface area contributed by atoms with Crippen LogP contribution >= 0.6 is 0 Å². The third-order valence-electron chi connectivity index (χ3n) is 5.13. The van der Waals surface area contributed by atoms with Gasteiger partial charge in [-0.3, -0.25) is 4.79 Å². The van der Waals surface area contributed by atoms with Gasteiger partial charge in [0.1, 0.15) is 5.82 Å². The molecule has 3 aromatic rings. The van der Waals surface area contributed by atoms with Gasteiger partial charge in [0, 0.05) is 12.0 Å². The number of halogens is 1. The second-order valence-corrected chi connectivity index (χ2v) is 7.32. The van der Waals surface area contributed by atoms with E-state index >= 15 is 0 Å². The van der Waals surface area contributed by atoms with Gasteiger partial charge >= 0.3 is 0 Å². The maximum absolute atomic E-state index is 13.6. The minimum absolute atomic E-state index is 0.252. The molecule has 1 amide bonds. The van der Waals surface area contributed by atoms with E-state index in [1.54, 1.807) is 6.07 Å². The van der Waals surface area contributed by atoms with Crippen molar-refractivity contribution in [1.82, 2.24) is 5.32 Å². The van der Waals surface area contributed by atoms with Crippen LogP contribution in [0.3, 0.4) is 0 Å². The molecule has 1 N–H and O–H groups in total. The van der Waals surface area contributed by atoms with Crippen LogP contribution in [0, 0.1) is 5.82 Å². The number of fused-ring (bicyclic) bond motifs is 1. The normalized spacial score (nSPS) is 13.9. The molecule has 3 aromatic carbocycles. The first-order valence-electron chi connectivity index (χ1n) is 10.2. The summed E-state index contributed by atoms with van der Waals surface area (Å²) >= 11 is 0. The monoisotopic (exact) mass is 405 g/mol. The summed E-state index contributed by atoms with van der Waals surface area (Å²) in [6.45, 7) is 1.22. The lowest BCUT2D eigenvalue weighted by Gasteiger charge is -2.21. The van der Waals surface area contributed by atoms with Crippen LogP contribution in [0.5, 0.6) is 11.5 Å². The summed E-state index contributed by atoms with van der Waals surface area (Å²) in [4.78, 5) is 12.8. The molecule has 0 spiro atoms. The second-order valence-electron chi connectivity index (χ2n) is 7.32. The molecule has 0 fully saturated rings. The Balaban J connectivity index is 1.58. The number of hydrogen-bond donors (Lipinski definition) is 1. The minimum atomic E-state index is -0.431. The van der Waals surface area contributed by atoms with Crippen molar-refractivity contribution in [3.63, 3.8) is 0 Å². The Bertz CT molecular complexity index is 1010. The topological polar surface area (TPSA) is 47.6 Å². The Morgan fingerprint density at radius 2 is 1.73 bits per heavy atom. The molecule has 154 valence electrons. The van der Waals surface area contributed by atoms with Crippen LogP contribution < -0.4 is 14.8 Å². The fourth-order valence-electron chi connectivity index (χ4n) is 3.55. The van der Waals surface area contributed by atoms with Gasteiger partial charge in [-0.2, -0.15) is 0 Å². The van der Waals surface area contributed by atoms with Crippen molar-refractivity contribution in [3.8, 4) is 11.5 Å². The van der Waals surface area contributed by atoms with E-state index in [2.05, 4.69) is 17.4 Å². The quantitative estimate of drug-likeness (QED) is 0.621. The zero-order chi connectivity index (χ0) is 20.8. The van der Waals surface area contributed by atoms with E-state index in [9.17, 15) is 9.18 Å². The van der Waals surface area contributed by atoms with Gasteiger partial charge in [0.05, 0.1) is 19.3 Å². The molecule has 0 saturated heterocycles. The highest BCUT2D eigenvalue weighted by Crippen LogP contribution is 2.33. The summed E-state index contributed by atoms with van der Waals surface area (Å²) in [7, 11) is 0. The zero-order valence-corrected chi connectivity index (χ0v) is 16.6. The van der Waals surface area contributed by atoms with Crippen LogP contribution in [0.1, 0.15) is 40.4 Å². The van der Waals surface area contributed by atoms with E-state index in [1.807, 2.05) is 36.4 Å². The van der Waals surface area contributed by atoms with E-state index in [0.717, 1.165) is 24.2 Å². The highest BCUT2D eigenvalue weighted by molar-refractivity contribution is 5.94. The number of hydrogen-bond acceptors (Lipinski definition) is 3. The fraction of sp³-hybridized carbons (Fsp3) is 0.240. The maximum atomic E-state index is 13.6. The molecule has 0 aliphatic carbocycles. The van der Waals surface area contributed by atoms with Gasteiger partial charge in [-0.15, -0.1) is 0 Å². The molecule has 0 radical (unpaired) electrons. The molecular weight excluding hydrogens is 381 g/mol. The van der Waals surface area contributed by atoms with Gasteiger partial charge in [0.15, 0.2) is 11.5 Å². The number of aryl methyl sites for hydroxylation is 1. The number of rotatable bonds is 6. The summed E-state index contributed by atoms with van der Waals surface area (Å²) in [5, 5.41) is 3.07. The molecule has 1 heterocycles. The number of benzene rings is 3. The predicted octanol–water partition coefficient (Wildman–Crippen LogP) is 5.09. The van der Waals surface area contributed by atoms with Gasteiger partial charge in [-0.1, -0.05) is 42.5 Å². The third-order valence-corrected chi connectivity index (χ3v) is 5.13. The van der Waals surface area contributed by atoms with Crippen molar-refractivity contribution in [1.29, 1.82) is 0 Å². The van der Waals surface area contributed by atoms with Gasteiger partial charge in [0.25, 0.3) is 5.91 Å². The molecule has 1 atom stereocenters. The Hall–Kier alpha value is -3.34. The smallest absolute Gasteiger partial charge is 0.251 e. The van der Waals surface area contributed by atoms with Crippen molar-refractivity contribution in [2.45, 2.75) is 25.3 Å². The lowest BCUT2D eigenvalue weighted by molar-refractivity contribution is 0.0934. The largest absolute Gasteiger partial charge is 0.490 e. The number of nitrogens with one attached hydrogen (secondary N) is 1. The van der Waals surface area contributed by atoms with E-state index in [0.29, 0.717) is 30.9 Å². The maximum Gasteiger partial charge on any atom is 0.251 e. The van der Waals surface area contributed by atoms with Crippen LogP contribution in [0.15, 0.2) is 72.8 Å². The average Bonchev–Trinajstić information content (AvgIpc) is 3.02. The first kappa shape index (κ1) is 20.0. The van der Waals surface area contributed by atoms with Gasteiger partial charge in [0.2, 0.25) is 0 Å². The average molecular weight is 405 g/mol. The third kappa shape index (κ3) is 4.98. The van der Waals surface area contributed by atoms with Crippen LogP contribution in [-0.4, -0.2) is 19.1 Å². The summed E-state index contributed by atoms with van der Waals surface area (Å²) in [5.41, 5.74) is 2.42. The van der Waals surface area contributed by atoms with E-state index < -0.39 is 5.82 Å². The number of amides is 1. The van der Waals surface area contributed by atoms with Crippen molar-refractivity contribution in [2.24, 2.45) is 0 Å². The predicted molar refractivity (Wildman–Crippen MR) is 113 cm³/mol. The SMILES string of the molecule is O=C(NC(CCc1ccccc1)c1ccc2c(c1)OCCCO2)c1cccc(F)c1. The van der Waals surface area contributed by atoms with Crippen molar-refractivity contribution in [2.75, 3.05) is 13.2 Å². The Labute approximate surface area is 175 Å². The first-order valence-corrected chi connectivity index (χ1v) is 10.2. The highest BCUT2D eigenvalue weighted by atomic mass is 19.1. The minimum Gasteiger partial charge on any atom is -0.490 e. The number of carbonyl (C=O) groups is 1. The first-order chi connectivity index (χ1) is 14.7. The van der Waals surface area contributed by atoms with Crippen molar-refractivity contribution >= 4 is 5.91 Å². The molecule has 0 aromatic heterocycles. The van der Waals surface area contributed by atoms with Crippen LogP contribution in [0.4, 0.5) is 4.39 Å². The standard InChI is InChI=1S/C25H24FNO3/c26-21-9-4-8-20(16-21)25(28)27-22(12-10-18-6-2-1-3-7-18)19-11-13-23-24(17-19)30-15-5-14-29-23/h1-4,6-9,11,13,16-17,22H,5,10,12,14-15H2,(H,27,28). The highest BCUT2D eigenvalue weighted by Gasteiger charge is 2.19. The van der Waals surface area contributed by atoms with Crippen LogP contribution in [0.2, 0.25) is 0 Å². The number of carbonyl (C=O) groups excluding carboxylic acids is 1. The molecule has 0 saturated carbocycles. The van der Waals surface area contributed by atoms with Gasteiger partial charge < -0.3 is 14.8 Å². The Morgan fingerprint density at radius 1 is 0.933 bits per heavy atom. The molecule has 5 heteroatoms. The van der Waals surface area contributed by atoms with Gasteiger partial charge in [-0.05, 0) is 54.3 Å².